The molecule has 0 fully saturated rings. The highest BCUT2D eigenvalue weighted by molar-refractivity contribution is 7.11. The van der Waals surface area contributed by atoms with Crippen molar-refractivity contribution in [1.29, 1.82) is 0 Å². The average Bonchev–Trinajstić information content (AvgIpc) is 2.82. The van der Waals surface area contributed by atoms with E-state index >= 15 is 0 Å². The van der Waals surface area contributed by atoms with Crippen LogP contribution in [0.5, 0.6) is 0 Å². The van der Waals surface area contributed by atoms with Crippen molar-refractivity contribution in [3.05, 3.63) is 40.0 Å². The Bertz CT molecular complexity index is 580. The predicted molar refractivity (Wildman–Crippen MR) is 76.6 cm³/mol. The molecule has 0 radical (unpaired) electrons. The minimum atomic E-state index is -0.0804. The highest BCUT2D eigenvalue weighted by Crippen LogP contribution is 2.13. The Morgan fingerprint density at radius 2 is 2.21 bits per heavy atom. The maximum Gasteiger partial charge on any atom is 0.263 e. The van der Waals surface area contributed by atoms with Gasteiger partial charge >= 0.3 is 0 Å². The van der Waals surface area contributed by atoms with Gasteiger partial charge in [-0.25, -0.2) is 9.97 Å². The first kappa shape index (κ1) is 13.5. The number of hydrogen-bond donors (Lipinski definition) is 1. The van der Waals surface area contributed by atoms with Crippen molar-refractivity contribution in [1.82, 2.24) is 15.3 Å². The molecule has 0 bridgehead atoms. The Kier molecular flexibility index (Phi) is 4.11. The Balaban J connectivity index is 2.01. The van der Waals surface area contributed by atoms with Crippen molar-refractivity contribution in [2.75, 3.05) is 19.0 Å². The SMILES string of the molecule is Cc1ncsc1C(=O)NCc1ccnc(N(C)C)c1. The third-order valence-electron chi connectivity index (χ3n) is 2.67. The van der Waals surface area contributed by atoms with Gasteiger partial charge in [-0.15, -0.1) is 11.3 Å². The summed E-state index contributed by atoms with van der Waals surface area (Å²) < 4.78 is 0. The lowest BCUT2D eigenvalue weighted by Gasteiger charge is -2.12. The molecule has 0 aliphatic carbocycles. The summed E-state index contributed by atoms with van der Waals surface area (Å²) in [5, 5.41) is 2.89. The van der Waals surface area contributed by atoms with Gasteiger partial charge in [0.05, 0.1) is 11.2 Å². The van der Waals surface area contributed by atoms with Gasteiger partial charge < -0.3 is 10.2 Å². The molecule has 1 amide bonds. The van der Waals surface area contributed by atoms with E-state index in [9.17, 15) is 4.79 Å². The first-order chi connectivity index (χ1) is 9.08. The first-order valence-electron chi connectivity index (χ1n) is 5.88. The monoisotopic (exact) mass is 276 g/mol. The molecule has 1 N–H and O–H groups in total. The fourth-order valence-electron chi connectivity index (χ4n) is 1.60. The molecular weight excluding hydrogens is 260 g/mol. The van der Waals surface area contributed by atoms with Crippen molar-refractivity contribution >= 4 is 23.1 Å². The smallest absolute Gasteiger partial charge is 0.263 e. The highest BCUT2D eigenvalue weighted by atomic mass is 32.1. The summed E-state index contributed by atoms with van der Waals surface area (Å²) >= 11 is 1.36. The third-order valence-corrected chi connectivity index (χ3v) is 3.60. The van der Waals surface area contributed by atoms with E-state index in [0.29, 0.717) is 11.4 Å². The zero-order valence-corrected chi connectivity index (χ0v) is 12.0. The number of amides is 1. The molecule has 0 aliphatic rings. The van der Waals surface area contributed by atoms with E-state index < -0.39 is 0 Å². The second-order valence-corrected chi connectivity index (χ2v) is 5.22. The number of aryl methyl sites for hydroxylation is 1. The number of carbonyl (C=O) groups excluding carboxylic acids is 1. The van der Waals surface area contributed by atoms with Gasteiger partial charge in [-0.3, -0.25) is 4.79 Å². The number of rotatable bonds is 4. The summed E-state index contributed by atoms with van der Waals surface area (Å²) in [5.41, 5.74) is 3.47. The molecule has 0 saturated heterocycles. The topological polar surface area (TPSA) is 58.1 Å². The van der Waals surface area contributed by atoms with Gasteiger partial charge in [-0.1, -0.05) is 0 Å². The van der Waals surface area contributed by atoms with Gasteiger partial charge in [0, 0.05) is 26.8 Å². The van der Waals surface area contributed by atoms with E-state index in [0.717, 1.165) is 17.1 Å². The van der Waals surface area contributed by atoms with Crippen LogP contribution in [-0.4, -0.2) is 30.0 Å². The fraction of sp³-hybridized carbons (Fsp3) is 0.308. The van der Waals surface area contributed by atoms with Crippen LogP contribution >= 0.6 is 11.3 Å². The molecule has 100 valence electrons. The number of anilines is 1. The molecule has 6 heteroatoms. The summed E-state index contributed by atoms with van der Waals surface area (Å²) in [5.74, 6) is 0.795. The normalized spacial score (nSPS) is 10.3. The van der Waals surface area contributed by atoms with E-state index in [4.69, 9.17) is 0 Å². The quantitative estimate of drug-likeness (QED) is 0.925. The van der Waals surface area contributed by atoms with Crippen LogP contribution in [0.1, 0.15) is 20.9 Å². The van der Waals surface area contributed by atoms with Crippen molar-refractivity contribution in [3.8, 4) is 0 Å². The Labute approximate surface area is 116 Å². The number of hydrogen-bond acceptors (Lipinski definition) is 5. The van der Waals surface area contributed by atoms with Crippen LogP contribution in [0.15, 0.2) is 23.8 Å². The third kappa shape index (κ3) is 3.29. The molecule has 0 spiro atoms. The van der Waals surface area contributed by atoms with Gasteiger partial charge in [0.25, 0.3) is 5.91 Å². The van der Waals surface area contributed by atoms with Crippen molar-refractivity contribution in [2.45, 2.75) is 13.5 Å². The molecule has 0 saturated carbocycles. The summed E-state index contributed by atoms with van der Waals surface area (Å²) in [4.78, 5) is 22.9. The van der Waals surface area contributed by atoms with Crippen molar-refractivity contribution in [2.24, 2.45) is 0 Å². The summed E-state index contributed by atoms with van der Waals surface area (Å²) in [6.45, 7) is 2.32. The van der Waals surface area contributed by atoms with Gasteiger partial charge in [0.15, 0.2) is 0 Å². The van der Waals surface area contributed by atoms with Gasteiger partial charge in [0.1, 0.15) is 10.7 Å². The number of pyridine rings is 1. The van der Waals surface area contributed by atoms with Crippen LogP contribution in [0.4, 0.5) is 5.82 Å². The van der Waals surface area contributed by atoms with Gasteiger partial charge in [-0.2, -0.15) is 0 Å². The second-order valence-electron chi connectivity index (χ2n) is 4.37. The molecule has 0 atom stereocenters. The standard InChI is InChI=1S/C13H16N4OS/c1-9-12(19-8-16-9)13(18)15-7-10-4-5-14-11(6-10)17(2)3/h4-6,8H,7H2,1-3H3,(H,15,18). The minimum absolute atomic E-state index is 0.0804. The zero-order chi connectivity index (χ0) is 13.8. The van der Waals surface area contributed by atoms with Crippen LogP contribution in [0.25, 0.3) is 0 Å². The van der Waals surface area contributed by atoms with E-state index in [-0.39, 0.29) is 5.91 Å². The van der Waals surface area contributed by atoms with Crippen LogP contribution in [0.3, 0.4) is 0 Å². The molecule has 2 rings (SSSR count). The predicted octanol–water partition coefficient (Wildman–Crippen LogP) is 1.84. The summed E-state index contributed by atoms with van der Waals surface area (Å²) in [7, 11) is 3.87. The largest absolute Gasteiger partial charge is 0.363 e. The number of aromatic nitrogens is 2. The van der Waals surface area contributed by atoms with E-state index in [2.05, 4.69) is 15.3 Å². The van der Waals surface area contributed by atoms with Gasteiger partial charge in [-0.05, 0) is 24.6 Å². The van der Waals surface area contributed by atoms with E-state index in [1.54, 1.807) is 11.7 Å². The van der Waals surface area contributed by atoms with Crippen molar-refractivity contribution < 1.29 is 4.79 Å². The summed E-state index contributed by atoms with van der Waals surface area (Å²) in [6.07, 6.45) is 1.74. The Hall–Kier alpha value is -1.95. The molecule has 2 heterocycles. The molecule has 0 aliphatic heterocycles. The Morgan fingerprint density at radius 3 is 2.84 bits per heavy atom. The maximum atomic E-state index is 12.0. The number of carbonyl (C=O) groups is 1. The molecule has 0 aromatic carbocycles. The van der Waals surface area contributed by atoms with E-state index in [1.807, 2.05) is 38.1 Å². The van der Waals surface area contributed by atoms with Crippen LogP contribution in [-0.2, 0) is 6.54 Å². The second kappa shape index (κ2) is 5.79. The highest BCUT2D eigenvalue weighted by Gasteiger charge is 2.11. The molecule has 5 nitrogen and oxygen atoms in total. The zero-order valence-electron chi connectivity index (χ0n) is 11.2. The molecule has 2 aromatic heterocycles. The molecule has 19 heavy (non-hydrogen) atoms. The Morgan fingerprint density at radius 1 is 1.42 bits per heavy atom. The van der Waals surface area contributed by atoms with Crippen LogP contribution in [0.2, 0.25) is 0 Å². The van der Waals surface area contributed by atoms with E-state index in [1.165, 1.54) is 11.3 Å². The lowest BCUT2D eigenvalue weighted by molar-refractivity contribution is 0.0954. The van der Waals surface area contributed by atoms with Crippen molar-refractivity contribution in [3.63, 3.8) is 0 Å². The molecule has 0 unspecified atom stereocenters. The minimum Gasteiger partial charge on any atom is -0.363 e. The van der Waals surface area contributed by atoms with Gasteiger partial charge in [0.2, 0.25) is 0 Å². The number of thiazole rings is 1. The summed E-state index contributed by atoms with van der Waals surface area (Å²) in [6, 6.07) is 3.85. The maximum absolute atomic E-state index is 12.0. The average molecular weight is 276 g/mol. The van der Waals surface area contributed by atoms with Crippen LogP contribution in [0, 0.1) is 6.92 Å². The van der Waals surface area contributed by atoms with Crippen LogP contribution < -0.4 is 10.2 Å². The molecular formula is C13H16N4OS. The number of nitrogens with one attached hydrogen (secondary N) is 1. The number of nitrogens with zero attached hydrogens (tertiary/aromatic N) is 3. The lowest BCUT2D eigenvalue weighted by Crippen LogP contribution is -2.23. The lowest BCUT2D eigenvalue weighted by atomic mass is 10.2. The fourth-order valence-corrected chi connectivity index (χ4v) is 2.32. The first-order valence-corrected chi connectivity index (χ1v) is 6.76. The molecule has 2 aromatic rings.